The predicted molar refractivity (Wildman–Crippen MR) is 147 cm³/mol. The molecule has 0 fully saturated rings. The molecule has 0 aliphatic carbocycles. The number of carbonyl (C=O) groups is 4. The molecule has 0 aliphatic rings. The van der Waals surface area contributed by atoms with Crippen LogP contribution >= 0.6 is 0 Å². The number of aromatic hydroxyl groups is 1. The molecule has 0 aromatic heterocycles. The van der Waals surface area contributed by atoms with E-state index in [0.29, 0.717) is 16.8 Å². The first-order valence-corrected chi connectivity index (χ1v) is 11.0. The second-order valence-electron chi connectivity index (χ2n) is 7.34. The number of esters is 2. The van der Waals surface area contributed by atoms with Crippen molar-refractivity contribution >= 4 is 29.5 Å². The number of nitriles is 1. The summed E-state index contributed by atoms with van der Waals surface area (Å²) in [7, 11) is 1.33. The number of aliphatic hydroxyl groups excluding tert-OH is 1. The van der Waals surface area contributed by atoms with Gasteiger partial charge in [-0.2, -0.15) is 5.26 Å². The van der Waals surface area contributed by atoms with Gasteiger partial charge in [0.2, 0.25) is 0 Å². The molecular formula is C28H36N2O9. The number of anilines is 1. The van der Waals surface area contributed by atoms with Crippen LogP contribution in [0.25, 0.3) is 0 Å². The van der Waals surface area contributed by atoms with Crippen LogP contribution in [-0.2, 0) is 28.7 Å². The lowest BCUT2D eigenvalue weighted by atomic mass is 10.2. The summed E-state index contributed by atoms with van der Waals surface area (Å²) in [5, 5.41) is 36.0. The van der Waals surface area contributed by atoms with Gasteiger partial charge in [0.25, 0.3) is 5.91 Å². The van der Waals surface area contributed by atoms with Gasteiger partial charge in [-0.1, -0.05) is 32.4 Å². The first-order chi connectivity index (χ1) is 18.1. The second kappa shape index (κ2) is 23.4. The van der Waals surface area contributed by atoms with Crippen molar-refractivity contribution in [3.63, 3.8) is 0 Å². The smallest absolute Gasteiger partial charge is 0.333 e. The zero-order valence-corrected chi connectivity index (χ0v) is 22.7. The third-order valence-electron chi connectivity index (χ3n) is 3.58. The van der Waals surface area contributed by atoms with Crippen LogP contribution in [-0.4, -0.2) is 59.5 Å². The molecule has 0 bridgehead atoms. The highest BCUT2D eigenvalue weighted by atomic mass is 16.5. The quantitative estimate of drug-likeness (QED) is 0.154. The van der Waals surface area contributed by atoms with E-state index in [0.717, 1.165) is 0 Å². The number of carboxylic acid groups (broad SMARTS) is 1. The Hall–Kier alpha value is -4.95. The van der Waals surface area contributed by atoms with Crippen LogP contribution in [0.5, 0.6) is 5.75 Å². The monoisotopic (exact) mass is 544 g/mol. The number of benzene rings is 1. The summed E-state index contributed by atoms with van der Waals surface area (Å²) in [6, 6.07) is 8.05. The first kappa shape index (κ1) is 38.6. The van der Waals surface area contributed by atoms with Crippen molar-refractivity contribution in [2.24, 2.45) is 0 Å². The number of ether oxygens (including phenoxy) is 2. The fraction of sp³-hybridized carbons (Fsp3) is 0.250. The van der Waals surface area contributed by atoms with E-state index >= 15 is 0 Å². The molecule has 212 valence electrons. The van der Waals surface area contributed by atoms with Crippen LogP contribution in [0.4, 0.5) is 5.69 Å². The highest BCUT2D eigenvalue weighted by Gasteiger charge is 2.05. The van der Waals surface area contributed by atoms with Crippen molar-refractivity contribution in [1.82, 2.24) is 0 Å². The highest BCUT2D eigenvalue weighted by molar-refractivity contribution is 6.02. The average Bonchev–Trinajstić information content (AvgIpc) is 2.88. The molecule has 0 saturated heterocycles. The van der Waals surface area contributed by atoms with Crippen LogP contribution in [0.1, 0.15) is 27.2 Å². The van der Waals surface area contributed by atoms with Crippen LogP contribution in [0.2, 0.25) is 0 Å². The summed E-state index contributed by atoms with van der Waals surface area (Å²) in [5.41, 5.74) is 1.97. The number of rotatable bonds is 9. The Morgan fingerprint density at radius 1 is 0.974 bits per heavy atom. The lowest BCUT2D eigenvalue weighted by Crippen LogP contribution is -2.11. The minimum Gasteiger partial charge on any atom is -0.508 e. The molecule has 1 rings (SSSR count). The van der Waals surface area contributed by atoms with Crippen LogP contribution < -0.4 is 5.32 Å². The number of aliphatic carboxylic acids is 1. The van der Waals surface area contributed by atoms with Gasteiger partial charge in [0.15, 0.2) is 0 Å². The van der Waals surface area contributed by atoms with Crippen molar-refractivity contribution in [1.29, 1.82) is 5.26 Å². The molecule has 0 saturated carbocycles. The molecule has 1 aromatic carbocycles. The number of nitrogens with one attached hydrogen (secondary N) is 1. The predicted octanol–water partition coefficient (Wildman–Crippen LogP) is 3.84. The Labute approximate surface area is 228 Å². The minimum absolute atomic E-state index is 0.0280. The molecular weight excluding hydrogens is 508 g/mol. The molecule has 11 heteroatoms. The zero-order valence-electron chi connectivity index (χ0n) is 22.7. The van der Waals surface area contributed by atoms with E-state index in [1.54, 1.807) is 32.0 Å². The SMILES string of the molecule is C=C(C)C(=O)Nc1ccc(O)cc1.C=C(C)C(=O)O.C=C(C)C(=O)OC.C=C(CC=CC#N)C(=O)OCCO. The number of hydrogen-bond acceptors (Lipinski definition) is 9. The minimum atomic E-state index is -0.935. The fourth-order valence-electron chi connectivity index (χ4n) is 1.53. The lowest BCUT2D eigenvalue weighted by molar-refractivity contribution is -0.140. The standard InChI is InChI=1S/C10H11NO2.C9H11NO3.C5H8O2.C4H6O2/c1-7(2)10(13)11-8-3-5-9(12)6-4-8;1-8(4-2-3-5-10)9(12)13-7-6-11;1-4(2)5(6)7-3;1-3(2)4(5)6/h3-6,12H,1H2,2H3,(H,11,13);2-3,11H,1,4,6-7H2;1H2,2-3H3;1H2,2H3,(H,5,6). The Balaban J connectivity index is -0.000000468. The van der Waals surface area contributed by atoms with Crippen molar-refractivity contribution in [2.75, 3.05) is 25.6 Å². The first-order valence-electron chi connectivity index (χ1n) is 11.0. The Morgan fingerprint density at radius 2 is 1.49 bits per heavy atom. The van der Waals surface area contributed by atoms with Gasteiger partial charge in [-0.25, -0.2) is 14.4 Å². The maximum absolute atomic E-state index is 11.1. The number of aliphatic hydroxyl groups is 1. The molecule has 0 atom stereocenters. The summed E-state index contributed by atoms with van der Waals surface area (Å²) in [5.74, 6) is -1.87. The topological polar surface area (TPSA) is 183 Å². The number of nitrogens with zero attached hydrogens (tertiary/aromatic N) is 1. The van der Waals surface area contributed by atoms with E-state index in [1.807, 2.05) is 0 Å². The second-order valence-corrected chi connectivity index (χ2v) is 7.34. The van der Waals surface area contributed by atoms with Gasteiger partial charge >= 0.3 is 17.9 Å². The number of amides is 1. The van der Waals surface area contributed by atoms with Crippen molar-refractivity contribution in [2.45, 2.75) is 27.2 Å². The van der Waals surface area contributed by atoms with Crippen molar-refractivity contribution < 1.29 is 44.0 Å². The summed E-state index contributed by atoms with van der Waals surface area (Å²) in [4.78, 5) is 41.9. The molecule has 39 heavy (non-hydrogen) atoms. The number of phenols is 1. The Morgan fingerprint density at radius 3 is 1.82 bits per heavy atom. The summed E-state index contributed by atoms with van der Waals surface area (Å²) in [6.45, 7) is 17.9. The van der Waals surface area contributed by atoms with Gasteiger partial charge < -0.3 is 30.1 Å². The van der Waals surface area contributed by atoms with Crippen molar-refractivity contribution in [3.05, 3.63) is 85.0 Å². The van der Waals surface area contributed by atoms with Gasteiger partial charge in [0.05, 0.1) is 19.8 Å². The summed E-state index contributed by atoms with van der Waals surface area (Å²) >= 11 is 0. The molecule has 1 aromatic rings. The third-order valence-corrected chi connectivity index (χ3v) is 3.58. The van der Waals surface area contributed by atoms with Crippen LogP contribution in [0, 0.1) is 11.3 Å². The maximum atomic E-state index is 11.1. The van der Waals surface area contributed by atoms with E-state index in [-0.39, 0.29) is 48.4 Å². The molecule has 0 spiro atoms. The number of phenolic OH excluding ortho intramolecular Hbond substituents is 1. The van der Waals surface area contributed by atoms with E-state index in [1.165, 1.54) is 38.3 Å². The molecule has 4 N–H and O–H groups in total. The number of carbonyl (C=O) groups excluding carboxylic acids is 3. The van der Waals surface area contributed by atoms with Gasteiger partial charge in [-0.3, -0.25) is 4.79 Å². The van der Waals surface area contributed by atoms with E-state index in [2.05, 4.69) is 41.1 Å². The summed E-state index contributed by atoms with van der Waals surface area (Å²) in [6.07, 6.45) is 3.07. The van der Waals surface area contributed by atoms with Gasteiger partial charge in [-0.05, 0) is 51.5 Å². The Kier molecular flexibility index (Phi) is 23.2. The average molecular weight is 545 g/mol. The number of methoxy groups -OCH3 is 1. The van der Waals surface area contributed by atoms with E-state index in [9.17, 15) is 19.2 Å². The van der Waals surface area contributed by atoms with Gasteiger partial charge in [0, 0.05) is 34.1 Å². The molecule has 1 amide bonds. The van der Waals surface area contributed by atoms with Gasteiger partial charge in [-0.15, -0.1) is 0 Å². The van der Waals surface area contributed by atoms with Crippen LogP contribution in [0.3, 0.4) is 0 Å². The normalized spacial score (nSPS) is 8.82. The number of carboxylic acids is 1. The highest BCUT2D eigenvalue weighted by Crippen LogP contribution is 2.14. The maximum Gasteiger partial charge on any atom is 0.333 e. The van der Waals surface area contributed by atoms with E-state index < -0.39 is 11.9 Å². The van der Waals surface area contributed by atoms with Crippen LogP contribution in [0.15, 0.2) is 85.0 Å². The number of hydrogen-bond donors (Lipinski definition) is 4. The molecule has 0 unspecified atom stereocenters. The Bertz CT molecular complexity index is 1070. The summed E-state index contributed by atoms with van der Waals surface area (Å²) < 4.78 is 8.85. The van der Waals surface area contributed by atoms with Crippen molar-refractivity contribution in [3.8, 4) is 11.8 Å². The molecule has 11 nitrogen and oxygen atoms in total. The molecule has 0 heterocycles. The zero-order chi connectivity index (χ0) is 31.0. The van der Waals surface area contributed by atoms with Gasteiger partial charge in [0.1, 0.15) is 12.4 Å². The fourth-order valence-corrected chi connectivity index (χ4v) is 1.53. The van der Waals surface area contributed by atoms with E-state index in [4.69, 9.17) is 20.6 Å². The third kappa shape index (κ3) is 24.5. The largest absolute Gasteiger partial charge is 0.508 e. The number of allylic oxidation sites excluding steroid dienone is 2. The molecule has 0 radical (unpaired) electrons. The lowest BCUT2D eigenvalue weighted by Gasteiger charge is -2.03. The molecule has 0 aliphatic heterocycles.